The van der Waals surface area contributed by atoms with Gasteiger partial charge in [0.25, 0.3) is 0 Å². The largest absolute Gasteiger partial charge is 0.351 e. The minimum absolute atomic E-state index is 0.00104. The van der Waals surface area contributed by atoms with Crippen LogP contribution < -0.4 is 10.2 Å². The smallest absolute Gasteiger partial charge is 0.229 e. The Labute approximate surface area is 161 Å². The van der Waals surface area contributed by atoms with E-state index >= 15 is 0 Å². The first-order valence-electron chi connectivity index (χ1n) is 9.77. The third kappa shape index (κ3) is 4.21. The molecule has 27 heavy (non-hydrogen) atoms. The molecule has 142 valence electrons. The molecule has 0 bridgehead atoms. The third-order valence-corrected chi connectivity index (χ3v) is 5.19. The van der Waals surface area contributed by atoms with Crippen molar-refractivity contribution in [2.45, 2.75) is 46.1 Å². The molecule has 0 saturated heterocycles. The Kier molecular flexibility index (Phi) is 5.94. The van der Waals surface area contributed by atoms with E-state index in [-0.39, 0.29) is 23.7 Å². The number of amides is 2. The Hall–Kier alpha value is -2.62. The van der Waals surface area contributed by atoms with Crippen molar-refractivity contribution in [3.8, 4) is 0 Å². The van der Waals surface area contributed by atoms with Crippen LogP contribution >= 0.6 is 0 Å². The number of hydrogen-bond acceptors (Lipinski definition) is 2. The monoisotopic (exact) mass is 364 g/mol. The number of fused-ring (bicyclic) bond motifs is 1. The predicted molar refractivity (Wildman–Crippen MR) is 109 cm³/mol. The topological polar surface area (TPSA) is 49.4 Å². The number of rotatable bonds is 6. The van der Waals surface area contributed by atoms with Crippen LogP contribution in [0.4, 0.5) is 5.69 Å². The van der Waals surface area contributed by atoms with Gasteiger partial charge in [-0.25, -0.2) is 0 Å². The van der Waals surface area contributed by atoms with Gasteiger partial charge >= 0.3 is 0 Å². The SMILES string of the molecule is CC[C@@H](C(=O)NCc1ccc2c(c1)CCN2C(=O)C(C)C)c1ccccc1. The molecule has 1 N–H and O–H groups in total. The third-order valence-electron chi connectivity index (χ3n) is 5.19. The molecule has 4 nitrogen and oxygen atoms in total. The number of nitrogens with zero attached hydrogens (tertiary/aromatic N) is 1. The zero-order valence-electron chi connectivity index (χ0n) is 16.4. The van der Waals surface area contributed by atoms with E-state index in [1.807, 2.05) is 68.1 Å². The highest BCUT2D eigenvalue weighted by Crippen LogP contribution is 2.30. The first kappa shape index (κ1) is 19.2. The fourth-order valence-electron chi connectivity index (χ4n) is 3.68. The molecule has 1 heterocycles. The average molecular weight is 364 g/mol. The molecule has 4 heteroatoms. The van der Waals surface area contributed by atoms with Crippen LogP contribution in [0.1, 0.15) is 49.8 Å². The van der Waals surface area contributed by atoms with Gasteiger partial charge in [-0.1, -0.05) is 63.2 Å². The Bertz CT molecular complexity index is 814. The highest BCUT2D eigenvalue weighted by molar-refractivity contribution is 5.96. The highest BCUT2D eigenvalue weighted by Gasteiger charge is 2.26. The van der Waals surface area contributed by atoms with Crippen LogP contribution in [0.25, 0.3) is 0 Å². The summed E-state index contributed by atoms with van der Waals surface area (Å²) in [7, 11) is 0. The molecule has 0 aliphatic carbocycles. The first-order valence-corrected chi connectivity index (χ1v) is 9.77. The Balaban J connectivity index is 1.66. The maximum atomic E-state index is 12.6. The fourth-order valence-corrected chi connectivity index (χ4v) is 3.68. The normalized spacial score (nSPS) is 14.1. The molecule has 0 radical (unpaired) electrons. The molecule has 0 aromatic heterocycles. The van der Waals surface area contributed by atoms with Crippen molar-refractivity contribution >= 4 is 17.5 Å². The van der Waals surface area contributed by atoms with Crippen LogP contribution in [0, 0.1) is 5.92 Å². The summed E-state index contributed by atoms with van der Waals surface area (Å²) in [5.41, 5.74) is 4.32. The lowest BCUT2D eigenvalue weighted by Gasteiger charge is -2.20. The van der Waals surface area contributed by atoms with Crippen molar-refractivity contribution in [1.82, 2.24) is 5.32 Å². The van der Waals surface area contributed by atoms with Gasteiger partial charge in [0, 0.05) is 24.7 Å². The summed E-state index contributed by atoms with van der Waals surface area (Å²) in [5, 5.41) is 3.07. The van der Waals surface area contributed by atoms with Crippen LogP contribution in [0.5, 0.6) is 0 Å². The van der Waals surface area contributed by atoms with E-state index in [2.05, 4.69) is 11.4 Å². The molecule has 3 rings (SSSR count). The van der Waals surface area contributed by atoms with Gasteiger partial charge < -0.3 is 10.2 Å². The van der Waals surface area contributed by atoms with E-state index in [0.29, 0.717) is 6.54 Å². The van der Waals surface area contributed by atoms with Gasteiger partial charge in [0.2, 0.25) is 11.8 Å². The van der Waals surface area contributed by atoms with E-state index in [9.17, 15) is 9.59 Å². The predicted octanol–water partition coefficient (Wildman–Crippen LogP) is 4.04. The Morgan fingerprint density at radius 3 is 2.52 bits per heavy atom. The number of benzene rings is 2. The lowest BCUT2D eigenvalue weighted by Crippen LogP contribution is -2.32. The summed E-state index contributed by atoms with van der Waals surface area (Å²) < 4.78 is 0. The summed E-state index contributed by atoms with van der Waals surface area (Å²) in [4.78, 5) is 26.8. The van der Waals surface area contributed by atoms with Gasteiger partial charge in [0.1, 0.15) is 0 Å². The molecule has 0 unspecified atom stereocenters. The zero-order chi connectivity index (χ0) is 19.4. The highest BCUT2D eigenvalue weighted by atomic mass is 16.2. The van der Waals surface area contributed by atoms with Gasteiger partial charge in [-0.15, -0.1) is 0 Å². The van der Waals surface area contributed by atoms with E-state index < -0.39 is 0 Å². The van der Waals surface area contributed by atoms with Gasteiger partial charge in [-0.2, -0.15) is 0 Å². The summed E-state index contributed by atoms with van der Waals surface area (Å²) in [6.07, 6.45) is 1.64. The Morgan fingerprint density at radius 1 is 1.11 bits per heavy atom. The number of hydrogen-bond donors (Lipinski definition) is 1. The lowest BCUT2D eigenvalue weighted by molar-refractivity contribution is -0.123. The minimum Gasteiger partial charge on any atom is -0.351 e. The summed E-state index contributed by atoms with van der Waals surface area (Å²) in [6, 6.07) is 16.0. The van der Waals surface area contributed by atoms with E-state index in [4.69, 9.17) is 0 Å². The summed E-state index contributed by atoms with van der Waals surface area (Å²) in [5.74, 6) is 0.0999. The molecule has 1 atom stereocenters. The van der Waals surface area contributed by atoms with Crippen LogP contribution in [0.3, 0.4) is 0 Å². The molecule has 0 fully saturated rings. The summed E-state index contributed by atoms with van der Waals surface area (Å²) >= 11 is 0. The standard InChI is InChI=1S/C23H28N2O2/c1-4-20(18-8-6-5-7-9-18)22(26)24-15-17-10-11-21-19(14-17)12-13-25(21)23(27)16(2)3/h5-11,14,16,20H,4,12-13,15H2,1-3H3,(H,24,26)/t20-/m1/s1. The quantitative estimate of drug-likeness (QED) is 0.841. The molecular formula is C23H28N2O2. The van der Waals surface area contributed by atoms with Crippen LogP contribution in [-0.4, -0.2) is 18.4 Å². The van der Waals surface area contributed by atoms with Gasteiger partial charge in [-0.05, 0) is 35.6 Å². The molecule has 2 aromatic carbocycles. The molecule has 0 saturated carbocycles. The minimum atomic E-state index is -0.125. The molecule has 1 aliphatic heterocycles. The van der Waals surface area contributed by atoms with Crippen LogP contribution in [-0.2, 0) is 22.6 Å². The maximum absolute atomic E-state index is 12.6. The van der Waals surface area contributed by atoms with Crippen molar-refractivity contribution in [3.63, 3.8) is 0 Å². The fraction of sp³-hybridized carbons (Fsp3) is 0.391. The second kappa shape index (κ2) is 8.38. The molecule has 1 aliphatic rings. The maximum Gasteiger partial charge on any atom is 0.229 e. The number of anilines is 1. The van der Waals surface area contributed by atoms with Gasteiger partial charge in [-0.3, -0.25) is 9.59 Å². The molecule has 2 aromatic rings. The number of carbonyl (C=O) groups is 2. The van der Waals surface area contributed by atoms with Crippen molar-refractivity contribution in [1.29, 1.82) is 0 Å². The van der Waals surface area contributed by atoms with Crippen molar-refractivity contribution < 1.29 is 9.59 Å². The zero-order valence-corrected chi connectivity index (χ0v) is 16.4. The summed E-state index contributed by atoms with van der Waals surface area (Å²) in [6.45, 7) is 7.15. The molecular weight excluding hydrogens is 336 g/mol. The first-order chi connectivity index (χ1) is 13.0. The van der Waals surface area contributed by atoms with Crippen molar-refractivity contribution in [2.24, 2.45) is 5.92 Å². The molecule has 0 spiro atoms. The average Bonchev–Trinajstić information content (AvgIpc) is 3.10. The second-order valence-electron chi connectivity index (χ2n) is 7.45. The number of carbonyl (C=O) groups excluding carboxylic acids is 2. The van der Waals surface area contributed by atoms with Gasteiger partial charge in [0.05, 0.1) is 5.92 Å². The van der Waals surface area contributed by atoms with Gasteiger partial charge in [0.15, 0.2) is 0 Å². The van der Waals surface area contributed by atoms with Crippen molar-refractivity contribution in [3.05, 3.63) is 65.2 Å². The Morgan fingerprint density at radius 2 is 1.85 bits per heavy atom. The van der Waals surface area contributed by atoms with E-state index in [0.717, 1.165) is 36.2 Å². The second-order valence-corrected chi connectivity index (χ2v) is 7.45. The number of nitrogens with one attached hydrogen (secondary N) is 1. The van der Waals surface area contributed by atoms with Crippen LogP contribution in [0.15, 0.2) is 48.5 Å². The molecule has 2 amide bonds. The van der Waals surface area contributed by atoms with E-state index in [1.54, 1.807) is 0 Å². The van der Waals surface area contributed by atoms with Crippen LogP contribution in [0.2, 0.25) is 0 Å². The van der Waals surface area contributed by atoms with Crippen molar-refractivity contribution in [2.75, 3.05) is 11.4 Å². The lowest BCUT2D eigenvalue weighted by atomic mass is 9.95. The van der Waals surface area contributed by atoms with E-state index in [1.165, 1.54) is 5.56 Å².